The Kier molecular flexibility index (Phi) is 6.90. The number of thiophene rings is 1. The second-order valence-corrected chi connectivity index (χ2v) is 5.45. The van der Waals surface area contributed by atoms with Gasteiger partial charge in [-0.05, 0) is 18.4 Å². The third-order valence-corrected chi connectivity index (χ3v) is 3.89. The van der Waals surface area contributed by atoms with E-state index in [1.54, 1.807) is 6.07 Å². The van der Waals surface area contributed by atoms with E-state index in [9.17, 15) is 10.1 Å². The Balaban J connectivity index is 2.42. The zero-order valence-corrected chi connectivity index (χ0v) is 12.0. The molecule has 0 aromatic carbocycles. The van der Waals surface area contributed by atoms with E-state index in [1.807, 2.05) is 5.38 Å². The zero-order chi connectivity index (χ0) is 13.4. The summed E-state index contributed by atoms with van der Waals surface area (Å²) in [6, 6.07) is 2.20. The summed E-state index contributed by atoms with van der Waals surface area (Å²) in [6.45, 7) is 5.13. The van der Waals surface area contributed by atoms with Crippen molar-refractivity contribution >= 4 is 16.3 Å². The third-order valence-electron chi connectivity index (χ3n) is 2.96. The molecule has 1 unspecified atom stereocenters. The van der Waals surface area contributed by atoms with Crippen LogP contribution in [0.25, 0.3) is 0 Å². The fraction of sp³-hybridized carbons (Fsp3) is 0.692. The summed E-state index contributed by atoms with van der Waals surface area (Å²) in [5, 5.41) is 16.2. The van der Waals surface area contributed by atoms with Crippen molar-refractivity contribution in [1.82, 2.24) is 5.32 Å². The quantitative estimate of drug-likeness (QED) is 0.543. The van der Waals surface area contributed by atoms with Crippen LogP contribution in [0.5, 0.6) is 0 Å². The topological polar surface area (TPSA) is 55.2 Å². The molecule has 4 nitrogen and oxygen atoms in total. The van der Waals surface area contributed by atoms with Crippen molar-refractivity contribution in [2.24, 2.45) is 0 Å². The van der Waals surface area contributed by atoms with Gasteiger partial charge in [0.2, 0.25) is 0 Å². The highest BCUT2D eigenvalue weighted by atomic mass is 32.1. The van der Waals surface area contributed by atoms with Gasteiger partial charge in [-0.15, -0.1) is 0 Å². The minimum atomic E-state index is -0.325. The molecule has 18 heavy (non-hydrogen) atoms. The first-order valence-corrected chi connectivity index (χ1v) is 7.50. The Morgan fingerprint density at radius 1 is 1.39 bits per heavy atom. The van der Waals surface area contributed by atoms with Gasteiger partial charge in [-0.25, -0.2) is 0 Å². The molecule has 1 N–H and O–H groups in total. The average molecular weight is 270 g/mol. The van der Waals surface area contributed by atoms with Crippen molar-refractivity contribution in [3.05, 3.63) is 27.1 Å². The van der Waals surface area contributed by atoms with Crippen molar-refractivity contribution in [3.8, 4) is 0 Å². The molecule has 102 valence electrons. The second kappa shape index (κ2) is 8.21. The monoisotopic (exact) mass is 270 g/mol. The Hall–Kier alpha value is -0.940. The van der Waals surface area contributed by atoms with Crippen molar-refractivity contribution in [2.45, 2.75) is 58.5 Å². The van der Waals surface area contributed by atoms with Crippen LogP contribution in [0.3, 0.4) is 0 Å². The van der Waals surface area contributed by atoms with Gasteiger partial charge in [0.05, 0.1) is 4.92 Å². The summed E-state index contributed by atoms with van der Waals surface area (Å²) in [4.78, 5) is 10.3. The predicted molar refractivity (Wildman–Crippen MR) is 76.0 cm³/mol. The SMILES string of the molecule is CCCCC(CCC)NCc1csc([N+](=O)[O-])c1. The Morgan fingerprint density at radius 3 is 2.72 bits per heavy atom. The van der Waals surface area contributed by atoms with Gasteiger partial charge in [0.15, 0.2) is 0 Å². The lowest BCUT2D eigenvalue weighted by atomic mass is 10.1. The van der Waals surface area contributed by atoms with Gasteiger partial charge < -0.3 is 5.32 Å². The number of rotatable bonds is 9. The number of unbranched alkanes of at least 4 members (excludes halogenated alkanes) is 1. The lowest BCUT2D eigenvalue weighted by molar-refractivity contribution is -0.380. The normalized spacial score (nSPS) is 12.6. The maximum absolute atomic E-state index is 10.6. The van der Waals surface area contributed by atoms with E-state index in [-0.39, 0.29) is 9.92 Å². The van der Waals surface area contributed by atoms with Crippen LogP contribution in [0.2, 0.25) is 0 Å². The van der Waals surface area contributed by atoms with Crippen LogP contribution in [0.15, 0.2) is 11.4 Å². The lowest BCUT2D eigenvalue weighted by Crippen LogP contribution is -2.28. The van der Waals surface area contributed by atoms with Crippen molar-refractivity contribution in [1.29, 1.82) is 0 Å². The highest BCUT2D eigenvalue weighted by Crippen LogP contribution is 2.22. The molecule has 1 heterocycles. The lowest BCUT2D eigenvalue weighted by Gasteiger charge is -2.17. The standard InChI is InChI=1S/C13H22N2O2S/c1-3-5-7-12(6-4-2)14-9-11-8-13(15(16)17)18-10-11/h8,10,12,14H,3-7,9H2,1-2H3. The summed E-state index contributed by atoms with van der Waals surface area (Å²) in [5.74, 6) is 0. The Bertz CT molecular complexity index is 366. The molecule has 0 saturated heterocycles. The molecule has 0 fully saturated rings. The fourth-order valence-corrected chi connectivity index (χ4v) is 2.69. The molecule has 0 aliphatic heterocycles. The third kappa shape index (κ3) is 5.14. The van der Waals surface area contributed by atoms with E-state index in [1.165, 1.54) is 43.4 Å². The first-order valence-electron chi connectivity index (χ1n) is 6.62. The molecule has 1 atom stereocenters. The summed E-state index contributed by atoms with van der Waals surface area (Å²) >= 11 is 1.20. The molecule has 5 heteroatoms. The molecule has 0 spiro atoms. The molecule has 0 radical (unpaired) electrons. The van der Waals surface area contributed by atoms with Crippen LogP contribution in [-0.4, -0.2) is 11.0 Å². The maximum atomic E-state index is 10.6. The first kappa shape index (κ1) is 15.1. The second-order valence-electron chi connectivity index (χ2n) is 4.56. The molecule has 0 bridgehead atoms. The van der Waals surface area contributed by atoms with Crippen LogP contribution in [-0.2, 0) is 6.54 Å². The summed E-state index contributed by atoms with van der Waals surface area (Å²) in [5.41, 5.74) is 1.02. The molecule has 0 aliphatic carbocycles. The average Bonchev–Trinajstić information content (AvgIpc) is 2.81. The number of nitrogens with one attached hydrogen (secondary N) is 1. The van der Waals surface area contributed by atoms with Gasteiger partial charge in [-0.3, -0.25) is 10.1 Å². The van der Waals surface area contributed by atoms with Gasteiger partial charge in [0, 0.05) is 24.0 Å². The molecule has 0 amide bonds. The number of nitrogens with zero attached hydrogens (tertiary/aromatic N) is 1. The Labute approximate surface area is 113 Å². The number of hydrogen-bond acceptors (Lipinski definition) is 4. The van der Waals surface area contributed by atoms with E-state index in [4.69, 9.17) is 0 Å². The van der Waals surface area contributed by atoms with Crippen molar-refractivity contribution in [3.63, 3.8) is 0 Å². The smallest absolute Gasteiger partial charge is 0.310 e. The summed E-state index contributed by atoms with van der Waals surface area (Å²) < 4.78 is 0. The van der Waals surface area contributed by atoms with Crippen LogP contribution < -0.4 is 5.32 Å². The summed E-state index contributed by atoms with van der Waals surface area (Å²) in [7, 11) is 0. The van der Waals surface area contributed by atoms with Gasteiger partial charge >= 0.3 is 5.00 Å². The van der Waals surface area contributed by atoms with Crippen molar-refractivity contribution < 1.29 is 4.92 Å². The highest BCUT2D eigenvalue weighted by Gasteiger charge is 2.11. The first-order chi connectivity index (χ1) is 8.67. The Morgan fingerprint density at radius 2 is 2.17 bits per heavy atom. The van der Waals surface area contributed by atoms with E-state index < -0.39 is 0 Å². The maximum Gasteiger partial charge on any atom is 0.324 e. The van der Waals surface area contributed by atoms with E-state index >= 15 is 0 Å². The van der Waals surface area contributed by atoms with E-state index in [0.29, 0.717) is 6.04 Å². The largest absolute Gasteiger partial charge is 0.324 e. The van der Waals surface area contributed by atoms with E-state index in [0.717, 1.165) is 12.1 Å². The van der Waals surface area contributed by atoms with E-state index in [2.05, 4.69) is 19.2 Å². The zero-order valence-electron chi connectivity index (χ0n) is 11.1. The minimum Gasteiger partial charge on any atom is -0.310 e. The molecule has 0 saturated carbocycles. The van der Waals surface area contributed by atoms with Crippen LogP contribution in [0.1, 0.15) is 51.5 Å². The molecule has 0 aliphatic rings. The highest BCUT2D eigenvalue weighted by molar-refractivity contribution is 7.13. The van der Waals surface area contributed by atoms with Gasteiger partial charge in [0.1, 0.15) is 0 Å². The van der Waals surface area contributed by atoms with Gasteiger partial charge in [0.25, 0.3) is 0 Å². The van der Waals surface area contributed by atoms with Gasteiger partial charge in [-0.1, -0.05) is 44.4 Å². The fourth-order valence-electron chi connectivity index (χ4n) is 1.96. The van der Waals surface area contributed by atoms with Crippen LogP contribution >= 0.6 is 11.3 Å². The minimum absolute atomic E-state index is 0.229. The molecule has 1 aromatic rings. The number of nitro groups is 1. The predicted octanol–water partition coefficient (Wildman–Crippen LogP) is 4.10. The molecular formula is C13H22N2O2S. The van der Waals surface area contributed by atoms with Crippen LogP contribution in [0.4, 0.5) is 5.00 Å². The van der Waals surface area contributed by atoms with Crippen LogP contribution in [0, 0.1) is 10.1 Å². The molecule has 1 rings (SSSR count). The number of hydrogen-bond donors (Lipinski definition) is 1. The molecular weight excluding hydrogens is 248 g/mol. The van der Waals surface area contributed by atoms with Crippen molar-refractivity contribution in [2.75, 3.05) is 0 Å². The summed E-state index contributed by atoms with van der Waals surface area (Å²) in [6.07, 6.45) is 5.99. The molecule has 1 aromatic heterocycles. The van der Waals surface area contributed by atoms with Gasteiger partial charge in [-0.2, -0.15) is 0 Å².